The first kappa shape index (κ1) is 16.1. The average Bonchev–Trinajstić information content (AvgIpc) is 3.22. The number of carbonyl (C=O) groups is 1. The van der Waals surface area contributed by atoms with E-state index >= 15 is 0 Å². The highest BCUT2D eigenvalue weighted by Gasteiger charge is 2.23. The number of aryl methyl sites for hydroxylation is 1. The normalized spacial score (nSPS) is 14.9. The number of hydrogen-bond donors (Lipinski definition) is 0. The van der Waals surface area contributed by atoms with Crippen LogP contribution in [-0.4, -0.2) is 40.8 Å². The Kier molecular flexibility index (Phi) is 4.21. The Morgan fingerprint density at radius 2 is 2.00 bits per heavy atom. The number of thiophene rings is 1. The Bertz CT molecular complexity index is 922. The molecule has 0 spiro atoms. The first-order valence-electron chi connectivity index (χ1n) is 8.57. The molecule has 1 aromatic carbocycles. The molecule has 1 aliphatic heterocycles. The fourth-order valence-corrected chi connectivity index (χ4v) is 4.42. The number of fused-ring (bicyclic) bond motifs is 1. The van der Waals surface area contributed by atoms with Crippen molar-refractivity contribution in [3.63, 3.8) is 0 Å². The summed E-state index contributed by atoms with van der Waals surface area (Å²) in [7, 11) is 3.59. The minimum absolute atomic E-state index is 0.150. The molecule has 6 heteroatoms. The van der Waals surface area contributed by atoms with E-state index in [9.17, 15) is 4.79 Å². The van der Waals surface area contributed by atoms with Gasteiger partial charge in [-0.1, -0.05) is 12.1 Å². The molecule has 0 atom stereocenters. The van der Waals surface area contributed by atoms with Crippen LogP contribution in [-0.2, 0) is 7.05 Å². The molecule has 130 valence electrons. The van der Waals surface area contributed by atoms with Gasteiger partial charge in [-0.3, -0.25) is 9.48 Å². The number of benzene rings is 1. The number of hydrogen-bond acceptors (Lipinski definition) is 4. The zero-order valence-corrected chi connectivity index (χ0v) is 15.3. The predicted octanol–water partition coefficient (Wildman–Crippen LogP) is 3.94. The van der Waals surface area contributed by atoms with Gasteiger partial charge in [-0.15, -0.1) is 11.3 Å². The fraction of sp³-hybridized carbons (Fsp3) is 0.368. The zero-order valence-electron chi connectivity index (χ0n) is 14.5. The van der Waals surface area contributed by atoms with Crippen LogP contribution in [0, 0.1) is 0 Å². The molecule has 4 rings (SSSR count). The highest BCUT2D eigenvalue weighted by molar-refractivity contribution is 7.20. The molecule has 25 heavy (non-hydrogen) atoms. The molecule has 0 unspecified atom stereocenters. The van der Waals surface area contributed by atoms with Crippen LogP contribution in [0.1, 0.15) is 28.9 Å². The molecular weight excluding hydrogens is 334 g/mol. The van der Waals surface area contributed by atoms with Crippen LogP contribution in [0.4, 0.5) is 0 Å². The molecule has 0 radical (unpaired) electrons. The van der Waals surface area contributed by atoms with Crippen molar-refractivity contribution in [3.05, 3.63) is 35.2 Å². The maximum Gasteiger partial charge on any atom is 0.264 e. The number of rotatable bonds is 3. The van der Waals surface area contributed by atoms with E-state index in [1.165, 1.54) is 17.8 Å². The average molecular weight is 355 g/mol. The number of aromatic nitrogens is 2. The second-order valence-electron chi connectivity index (χ2n) is 6.39. The third kappa shape index (κ3) is 2.91. The van der Waals surface area contributed by atoms with E-state index in [4.69, 9.17) is 4.74 Å². The van der Waals surface area contributed by atoms with Crippen LogP contribution < -0.4 is 4.74 Å². The van der Waals surface area contributed by atoms with Crippen molar-refractivity contribution >= 4 is 27.5 Å². The summed E-state index contributed by atoms with van der Waals surface area (Å²) in [6, 6.07) is 9.88. The number of nitrogens with zero attached hydrogens (tertiary/aromatic N) is 3. The van der Waals surface area contributed by atoms with Crippen molar-refractivity contribution in [1.29, 1.82) is 0 Å². The maximum atomic E-state index is 12.8. The number of carbonyl (C=O) groups excluding carboxylic acids is 1. The molecule has 1 aliphatic rings. The van der Waals surface area contributed by atoms with Crippen molar-refractivity contribution in [2.45, 2.75) is 19.3 Å². The summed E-state index contributed by atoms with van der Waals surface area (Å²) in [6.45, 7) is 1.74. The van der Waals surface area contributed by atoms with Gasteiger partial charge < -0.3 is 9.64 Å². The molecule has 2 aromatic heterocycles. The standard InChI is InChI=1S/C19H21N3O2S/c1-21-19-15(17(20-21)13-7-6-8-14(11-13)24-2)12-16(25-19)18(23)22-9-4-3-5-10-22/h6-8,11-12H,3-5,9-10H2,1-2H3. The van der Waals surface area contributed by atoms with Gasteiger partial charge in [0, 0.05) is 31.1 Å². The van der Waals surface area contributed by atoms with Gasteiger partial charge in [0.25, 0.3) is 5.91 Å². The minimum Gasteiger partial charge on any atom is -0.497 e. The molecule has 3 heterocycles. The summed E-state index contributed by atoms with van der Waals surface area (Å²) >= 11 is 1.53. The third-order valence-electron chi connectivity index (χ3n) is 4.71. The summed E-state index contributed by atoms with van der Waals surface area (Å²) < 4.78 is 7.19. The lowest BCUT2D eigenvalue weighted by atomic mass is 10.1. The monoisotopic (exact) mass is 355 g/mol. The van der Waals surface area contributed by atoms with Crippen LogP contribution in [0.3, 0.4) is 0 Å². The topological polar surface area (TPSA) is 47.4 Å². The molecule has 3 aromatic rings. The zero-order chi connectivity index (χ0) is 17.4. The minimum atomic E-state index is 0.150. The van der Waals surface area contributed by atoms with E-state index in [2.05, 4.69) is 5.10 Å². The lowest BCUT2D eigenvalue weighted by Crippen LogP contribution is -2.35. The van der Waals surface area contributed by atoms with E-state index < -0.39 is 0 Å². The van der Waals surface area contributed by atoms with Gasteiger partial charge in [0.15, 0.2) is 0 Å². The van der Waals surface area contributed by atoms with Crippen molar-refractivity contribution in [2.24, 2.45) is 7.05 Å². The largest absolute Gasteiger partial charge is 0.497 e. The highest BCUT2D eigenvalue weighted by Crippen LogP contribution is 2.35. The van der Waals surface area contributed by atoms with Crippen molar-refractivity contribution in [2.75, 3.05) is 20.2 Å². The second-order valence-corrected chi connectivity index (χ2v) is 7.42. The summed E-state index contributed by atoms with van der Waals surface area (Å²) in [4.78, 5) is 16.6. The number of ether oxygens (including phenoxy) is 1. The van der Waals surface area contributed by atoms with Crippen LogP contribution in [0.5, 0.6) is 5.75 Å². The van der Waals surface area contributed by atoms with Gasteiger partial charge in [-0.25, -0.2) is 0 Å². The first-order valence-corrected chi connectivity index (χ1v) is 9.39. The Balaban J connectivity index is 1.74. The molecule has 0 N–H and O–H groups in total. The van der Waals surface area contributed by atoms with Crippen LogP contribution in [0.15, 0.2) is 30.3 Å². The maximum absolute atomic E-state index is 12.8. The number of likely N-dealkylation sites (tertiary alicyclic amines) is 1. The van der Waals surface area contributed by atoms with E-state index in [0.717, 1.165) is 58.0 Å². The van der Waals surface area contributed by atoms with Gasteiger partial charge in [0.2, 0.25) is 0 Å². The van der Waals surface area contributed by atoms with Crippen LogP contribution in [0.25, 0.3) is 21.5 Å². The lowest BCUT2D eigenvalue weighted by molar-refractivity contribution is 0.0729. The highest BCUT2D eigenvalue weighted by atomic mass is 32.1. The molecule has 0 saturated carbocycles. The summed E-state index contributed by atoms with van der Waals surface area (Å²) in [5.74, 6) is 0.952. The number of amides is 1. The van der Waals surface area contributed by atoms with Gasteiger partial charge >= 0.3 is 0 Å². The van der Waals surface area contributed by atoms with Gasteiger partial charge in [-0.05, 0) is 37.5 Å². The Morgan fingerprint density at radius 3 is 2.76 bits per heavy atom. The predicted molar refractivity (Wildman–Crippen MR) is 100 cm³/mol. The van der Waals surface area contributed by atoms with E-state index in [-0.39, 0.29) is 5.91 Å². The second kappa shape index (κ2) is 6.52. The SMILES string of the molecule is COc1cccc(-c2nn(C)c3sc(C(=O)N4CCCCC4)cc23)c1. The van der Waals surface area contributed by atoms with E-state index in [1.807, 2.05) is 47.0 Å². The Hall–Kier alpha value is -2.34. The van der Waals surface area contributed by atoms with Crippen molar-refractivity contribution < 1.29 is 9.53 Å². The van der Waals surface area contributed by atoms with Crippen LogP contribution >= 0.6 is 11.3 Å². The van der Waals surface area contributed by atoms with Crippen molar-refractivity contribution in [3.8, 4) is 17.0 Å². The molecular formula is C19H21N3O2S. The Morgan fingerprint density at radius 1 is 1.20 bits per heavy atom. The molecule has 0 aliphatic carbocycles. The number of methoxy groups -OCH3 is 1. The van der Waals surface area contributed by atoms with Gasteiger partial charge in [-0.2, -0.15) is 5.10 Å². The van der Waals surface area contributed by atoms with E-state index in [0.29, 0.717) is 0 Å². The summed E-state index contributed by atoms with van der Waals surface area (Å²) in [5, 5.41) is 5.68. The fourth-order valence-electron chi connectivity index (χ4n) is 3.38. The Labute approximate surface area is 150 Å². The quantitative estimate of drug-likeness (QED) is 0.715. The molecule has 5 nitrogen and oxygen atoms in total. The van der Waals surface area contributed by atoms with Gasteiger partial charge in [0.1, 0.15) is 16.3 Å². The summed E-state index contributed by atoms with van der Waals surface area (Å²) in [6.07, 6.45) is 3.43. The molecule has 1 amide bonds. The summed E-state index contributed by atoms with van der Waals surface area (Å²) in [5.41, 5.74) is 1.89. The molecule has 1 fully saturated rings. The molecule has 0 bridgehead atoms. The van der Waals surface area contributed by atoms with Crippen LogP contribution in [0.2, 0.25) is 0 Å². The van der Waals surface area contributed by atoms with Crippen molar-refractivity contribution in [1.82, 2.24) is 14.7 Å². The van der Waals surface area contributed by atoms with Gasteiger partial charge in [0.05, 0.1) is 12.0 Å². The van der Waals surface area contributed by atoms with E-state index in [1.54, 1.807) is 7.11 Å². The molecule has 1 saturated heterocycles. The number of piperidine rings is 1. The smallest absolute Gasteiger partial charge is 0.264 e. The lowest BCUT2D eigenvalue weighted by Gasteiger charge is -2.26. The first-order chi connectivity index (χ1) is 12.2. The third-order valence-corrected chi connectivity index (χ3v) is 5.90.